The fraction of sp³-hybridized carbons (Fsp3) is 0.917. The molecule has 0 aromatic rings. The van der Waals surface area contributed by atoms with E-state index in [4.69, 9.17) is 9.47 Å². The topological polar surface area (TPSA) is 47.6 Å². The van der Waals surface area contributed by atoms with Crippen LogP contribution in [0.4, 0.5) is 0 Å². The molecule has 0 aliphatic carbocycles. The first kappa shape index (κ1) is 13.5. The summed E-state index contributed by atoms with van der Waals surface area (Å²) in [6, 6.07) is 0. The van der Waals surface area contributed by atoms with Crippen molar-refractivity contribution >= 4 is 5.97 Å². The fourth-order valence-corrected chi connectivity index (χ4v) is 1.51. The highest BCUT2D eigenvalue weighted by Crippen LogP contribution is 2.16. The molecule has 0 aromatic heterocycles. The number of nitrogens with one attached hydrogen (secondary N) is 1. The lowest BCUT2D eigenvalue weighted by Crippen LogP contribution is -2.47. The minimum atomic E-state index is -0.0975. The van der Waals surface area contributed by atoms with E-state index in [1.807, 2.05) is 6.92 Å². The summed E-state index contributed by atoms with van der Waals surface area (Å²) in [7, 11) is 0. The van der Waals surface area contributed by atoms with E-state index in [9.17, 15) is 4.79 Å². The predicted molar refractivity (Wildman–Crippen MR) is 62.1 cm³/mol. The van der Waals surface area contributed by atoms with Gasteiger partial charge >= 0.3 is 5.97 Å². The third kappa shape index (κ3) is 4.49. The normalized spacial score (nSPS) is 18.2. The van der Waals surface area contributed by atoms with Gasteiger partial charge in [-0.15, -0.1) is 0 Å². The Hall–Kier alpha value is -0.610. The number of esters is 1. The van der Waals surface area contributed by atoms with Crippen LogP contribution in [0.5, 0.6) is 0 Å². The van der Waals surface area contributed by atoms with Crippen molar-refractivity contribution in [3.8, 4) is 0 Å². The zero-order valence-electron chi connectivity index (χ0n) is 10.5. The zero-order valence-corrected chi connectivity index (χ0v) is 10.5. The summed E-state index contributed by atoms with van der Waals surface area (Å²) in [5, 5.41) is 3.15. The Morgan fingerprint density at radius 2 is 2.00 bits per heavy atom. The Labute approximate surface area is 97.7 Å². The van der Waals surface area contributed by atoms with Crippen LogP contribution in [0, 0.1) is 17.8 Å². The predicted octanol–water partition coefficient (Wildman–Crippen LogP) is 1.06. The molecule has 4 nitrogen and oxygen atoms in total. The molecular weight excluding hydrogens is 206 g/mol. The number of carbonyl (C=O) groups is 1. The second-order valence-corrected chi connectivity index (χ2v) is 4.84. The Kier molecular flexibility index (Phi) is 5.77. The monoisotopic (exact) mass is 229 g/mol. The first-order valence-corrected chi connectivity index (χ1v) is 6.06. The molecule has 94 valence electrons. The average molecular weight is 229 g/mol. The van der Waals surface area contributed by atoms with Crippen molar-refractivity contribution in [1.82, 2.24) is 5.32 Å². The van der Waals surface area contributed by atoms with Gasteiger partial charge < -0.3 is 14.8 Å². The molecule has 0 spiro atoms. The van der Waals surface area contributed by atoms with Gasteiger partial charge in [0.15, 0.2) is 0 Å². The molecule has 0 aromatic carbocycles. The van der Waals surface area contributed by atoms with Crippen molar-refractivity contribution in [3.05, 3.63) is 0 Å². The molecule has 1 N–H and O–H groups in total. The lowest BCUT2D eigenvalue weighted by molar-refractivity contribution is -0.152. The smallest absolute Gasteiger partial charge is 0.309 e. The van der Waals surface area contributed by atoms with Crippen LogP contribution in [-0.2, 0) is 14.3 Å². The lowest BCUT2D eigenvalue weighted by atomic mass is 9.89. The van der Waals surface area contributed by atoms with Crippen LogP contribution < -0.4 is 5.32 Å². The summed E-state index contributed by atoms with van der Waals surface area (Å²) in [6.07, 6.45) is 0. The summed E-state index contributed by atoms with van der Waals surface area (Å²) in [4.78, 5) is 11.6. The summed E-state index contributed by atoms with van der Waals surface area (Å²) < 4.78 is 10.5. The van der Waals surface area contributed by atoms with E-state index < -0.39 is 0 Å². The molecule has 1 atom stereocenters. The van der Waals surface area contributed by atoms with Crippen molar-refractivity contribution in [2.45, 2.75) is 20.8 Å². The van der Waals surface area contributed by atoms with Crippen molar-refractivity contribution in [3.63, 3.8) is 0 Å². The summed E-state index contributed by atoms with van der Waals surface area (Å²) in [5.41, 5.74) is 0. The first-order chi connectivity index (χ1) is 7.61. The zero-order chi connectivity index (χ0) is 12.0. The SMILES string of the molecule is CC(C)COCCOC(=O)C(C)C1CNC1. The highest BCUT2D eigenvalue weighted by Gasteiger charge is 2.29. The number of hydrogen-bond donors (Lipinski definition) is 1. The van der Waals surface area contributed by atoms with Crippen molar-refractivity contribution < 1.29 is 14.3 Å². The van der Waals surface area contributed by atoms with Crippen LogP contribution in [0.1, 0.15) is 20.8 Å². The van der Waals surface area contributed by atoms with E-state index in [1.54, 1.807) is 0 Å². The van der Waals surface area contributed by atoms with Gasteiger partial charge in [0.1, 0.15) is 6.61 Å². The first-order valence-electron chi connectivity index (χ1n) is 6.06. The standard InChI is InChI=1S/C12H23NO3/c1-9(2)8-15-4-5-16-12(14)10(3)11-6-13-7-11/h9-11,13H,4-8H2,1-3H3. The molecule has 0 amide bonds. The number of carbonyl (C=O) groups excluding carboxylic acids is 1. The molecular formula is C12H23NO3. The van der Waals surface area contributed by atoms with E-state index in [1.165, 1.54) is 0 Å². The molecule has 1 fully saturated rings. The molecule has 1 rings (SSSR count). The minimum Gasteiger partial charge on any atom is -0.463 e. The van der Waals surface area contributed by atoms with Crippen molar-refractivity contribution in [2.24, 2.45) is 17.8 Å². The van der Waals surface area contributed by atoms with Gasteiger partial charge in [0, 0.05) is 6.61 Å². The maximum atomic E-state index is 11.6. The van der Waals surface area contributed by atoms with Gasteiger partial charge in [0.25, 0.3) is 0 Å². The van der Waals surface area contributed by atoms with Crippen molar-refractivity contribution in [1.29, 1.82) is 0 Å². The summed E-state index contributed by atoms with van der Waals surface area (Å²) in [6.45, 7) is 9.58. The quantitative estimate of drug-likeness (QED) is 0.524. The lowest BCUT2D eigenvalue weighted by Gasteiger charge is -2.31. The van der Waals surface area contributed by atoms with Gasteiger partial charge in [-0.05, 0) is 24.9 Å². The van der Waals surface area contributed by atoms with E-state index in [0.29, 0.717) is 25.0 Å². The van der Waals surface area contributed by atoms with E-state index in [2.05, 4.69) is 19.2 Å². The van der Waals surface area contributed by atoms with Crippen LogP contribution in [0.25, 0.3) is 0 Å². The maximum Gasteiger partial charge on any atom is 0.309 e. The number of rotatable bonds is 7. The Morgan fingerprint density at radius 1 is 1.31 bits per heavy atom. The largest absolute Gasteiger partial charge is 0.463 e. The van der Waals surface area contributed by atoms with Crippen molar-refractivity contribution in [2.75, 3.05) is 32.9 Å². The molecule has 0 saturated carbocycles. The maximum absolute atomic E-state index is 11.6. The third-order valence-electron chi connectivity index (χ3n) is 2.82. The number of hydrogen-bond acceptors (Lipinski definition) is 4. The molecule has 4 heteroatoms. The van der Waals surface area contributed by atoms with Crippen LogP contribution in [0.15, 0.2) is 0 Å². The van der Waals surface area contributed by atoms with Gasteiger partial charge in [0.05, 0.1) is 12.5 Å². The van der Waals surface area contributed by atoms with E-state index in [0.717, 1.165) is 19.7 Å². The third-order valence-corrected chi connectivity index (χ3v) is 2.82. The summed E-state index contributed by atoms with van der Waals surface area (Å²) in [5.74, 6) is 0.880. The Bertz CT molecular complexity index is 214. The molecule has 1 aliphatic rings. The minimum absolute atomic E-state index is 0.00588. The molecule has 0 radical (unpaired) electrons. The van der Waals surface area contributed by atoms with Crippen LogP contribution in [0.2, 0.25) is 0 Å². The second-order valence-electron chi connectivity index (χ2n) is 4.84. The Morgan fingerprint density at radius 3 is 2.50 bits per heavy atom. The molecule has 16 heavy (non-hydrogen) atoms. The van der Waals surface area contributed by atoms with Gasteiger partial charge in [-0.2, -0.15) is 0 Å². The molecule has 1 aliphatic heterocycles. The second kappa shape index (κ2) is 6.86. The molecule has 1 heterocycles. The van der Waals surface area contributed by atoms with Crippen LogP contribution in [0.3, 0.4) is 0 Å². The molecule has 1 unspecified atom stereocenters. The van der Waals surface area contributed by atoms with Gasteiger partial charge in [0.2, 0.25) is 0 Å². The average Bonchev–Trinajstić information content (AvgIpc) is 2.13. The highest BCUT2D eigenvalue weighted by atomic mass is 16.6. The molecule has 1 saturated heterocycles. The van der Waals surface area contributed by atoms with Crippen LogP contribution >= 0.6 is 0 Å². The van der Waals surface area contributed by atoms with E-state index in [-0.39, 0.29) is 11.9 Å². The van der Waals surface area contributed by atoms with E-state index >= 15 is 0 Å². The Balaban J connectivity index is 2.01. The highest BCUT2D eigenvalue weighted by molar-refractivity contribution is 5.72. The van der Waals surface area contributed by atoms with Gasteiger partial charge in [-0.3, -0.25) is 4.79 Å². The van der Waals surface area contributed by atoms with Gasteiger partial charge in [-0.25, -0.2) is 0 Å². The fourth-order valence-electron chi connectivity index (χ4n) is 1.51. The van der Waals surface area contributed by atoms with Gasteiger partial charge in [-0.1, -0.05) is 20.8 Å². The molecule has 0 bridgehead atoms. The van der Waals surface area contributed by atoms with Crippen LogP contribution in [-0.4, -0.2) is 38.9 Å². The number of ether oxygens (including phenoxy) is 2. The summed E-state index contributed by atoms with van der Waals surface area (Å²) >= 11 is 0.